The van der Waals surface area contributed by atoms with Crippen LogP contribution in [0.4, 0.5) is 10.1 Å². The van der Waals surface area contributed by atoms with Gasteiger partial charge in [-0.05, 0) is 54.4 Å². The van der Waals surface area contributed by atoms with Gasteiger partial charge in [0.05, 0.1) is 17.6 Å². The maximum absolute atomic E-state index is 13.2. The lowest BCUT2D eigenvalue weighted by Crippen LogP contribution is -2.17. The number of hydrogen-bond donors (Lipinski definition) is 1. The van der Waals surface area contributed by atoms with Crippen molar-refractivity contribution in [3.05, 3.63) is 94.7 Å². The minimum Gasteiger partial charge on any atom is -0.463 e. The molecule has 2 aromatic carbocycles. The van der Waals surface area contributed by atoms with Crippen molar-refractivity contribution in [3.8, 4) is 11.5 Å². The molecule has 0 aliphatic rings. The van der Waals surface area contributed by atoms with Crippen molar-refractivity contribution in [2.75, 3.05) is 0 Å². The average molecular weight is 403 g/mol. The zero-order valence-corrected chi connectivity index (χ0v) is 16.3. The van der Waals surface area contributed by atoms with Crippen LogP contribution in [0.3, 0.4) is 0 Å². The van der Waals surface area contributed by atoms with Gasteiger partial charge < -0.3 is 14.0 Å². The number of benzene rings is 2. The number of nitrogens with zero attached hydrogens (tertiary/aromatic N) is 2. The van der Waals surface area contributed by atoms with Crippen molar-refractivity contribution >= 4 is 27.9 Å². The molecule has 0 radical (unpaired) electrons. The molecular weight excluding hydrogens is 385 g/mol. The lowest BCUT2D eigenvalue weighted by atomic mass is 10.1. The molecule has 0 fully saturated rings. The van der Waals surface area contributed by atoms with Crippen molar-refractivity contribution in [2.24, 2.45) is 4.99 Å². The third-order valence-corrected chi connectivity index (χ3v) is 5.77. The number of thiazole rings is 1. The summed E-state index contributed by atoms with van der Waals surface area (Å²) < 4.78 is 21.0. The highest BCUT2D eigenvalue weighted by Crippen LogP contribution is 2.23. The SMILES string of the molecule is Fc1ccc(N=c2scc(-c3ccco3)n2CCc2c[nH]c3ccccc23)cc1. The summed E-state index contributed by atoms with van der Waals surface area (Å²) in [5.41, 5.74) is 4.11. The van der Waals surface area contributed by atoms with Gasteiger partial charge in [0.1, 0.15) is 5.82 Å². The van der Waals surface area contributed by atoms with E-state index in [-0.39, 0.29) is 5.82 Å². The van der Waals surface area contributed by atoms with Crippen molar-refractivity contribution in [2.45, 2.75) is 13.0 Å². The maximum atomic E-state index is 13.2. The van der Waals surface area contributed by atoms with Gasteiger partial charge in [-0.25, -0.2) is 9.38 Å². The predicted molar refractivity (Wildman–Crippen MR) is 114 cm³/mol. The largest absolute Gasteiger partial charge is 0.463 e. The second kappa shape index (κ2) is 7.56. The Morgan fingerprint density at radius 1 is 1.03 bits per heavy atom. The van der Waals surface area contributed by atoms with E-state index in [0.717, 1.165) is 40.4 Å². The van der Waals surface area contributed by atoms with Gasteiger partial charge in [0.15, 0.2) is 10.6 Å². The van der Waals surface area contributed by atoms with Gasteiger partial charge in [0.2, 0.25) is 0 Å². The molecule has 0 saturated heterocycles. The Labute approximate surface area is 170 Å². The summed E-state index contributed by atoms with van der Waals surface area (Å²) >= 11 is 1.55. The van der Waals surface area contributed by atoms with Gasteiger partial charge >= 0.3 is 0 Å². The van der Waals surface area contributed by atoms with E-state index < -0.39 is 0 Å². The van der Waals surface area contributed by atoms with E-state index in [1.165, 1.54) is 23.1 Å². The Bertz CT molecular complexity index is 1310. The fourth-order valence-electron chi connectivity index (χ4n) is 3.45. The Hall–Kier alpha value is -3.38. The number of halogens is 1. The minimum atomic E-state index is -0.265. The van der Waals surface area contributed by atoms with Crippen molar-refractivity contribution in [1.82, 2.24) is 9.55 Å². The Morgan fingerprint density at radius 3 is 2.72 bits per heavy atom. The predicted octanol–water partition coefficient (Wildman–Crippen LogP) is 5.91. The molecule has 0 spiro atoms. The first-order valence-electron chi connectivity index (χ1n) is 9.35. The number of aromatic nitrogens is 2. The molecule has 0 saturated carbocycles. The van der Waals surface area contributed by atoms with Crippen LogP contribution in [0.25, 0.3) is 22.4 Å². The van der Waals surface area contributed by atoms with Gasteiger partial charge in [-0.2, -0.15) is 0 Å². The average Bonchev–Trinajstić information content (AvgIpc) is 3.48. The highest BCUT2D eigenvalue weighted by atomic mass is 32.1. The van der Waals surface area contributed by atoms with Crippen LogP contribution in [0, 0.1) is 5.82 Å². The Balaban J connectivity index is 1.54. The minimum absolute atomic E-state index is 0.265. The molecule has 29 heavy (non-hydrogen) atoms. The van der Waals surface area contributed by atoms with Gasteiger partial charge in [0, 0.05) is 29.0 Å². The van der Waals surface area contributed by atoms with Gasteiger partial charge in [-0.3, -0.25) is 0 Å². The summed E-state index contributed by atoms with van der Waals surface area (Å²) in [5.74, 6) is 0.541. The fourth-order valence-corrected chi connectivity index (χ4v) is 4.39. The molecule has 0 aliphatic heterocycles. The number of para-hydroxylation sites is 1. The third kappa shape index (κ3) is 3.54. The van der Waals surface area contributed by atoms with E-state index in [9.17, 15) is 4.39 Å². The van der Waals surface area contributed by atoms with E-state index in [4.69, 9.17) is 9.41 Å². The first-order valence-corrected chi connectivity index (χ1v) is 10.2. The monoisotopic (exact) mass is 403 g/mol. The van der Waals surface area contributed by atoms with Crippen LogP contribution in [0.15, 0.2) is 87.9 Å². The number of aryl methyl sites for hydroxylation is 1. The van der Waals surface area contributed by atoms with Crippen LogP contribution in [-0.2, 0) is 13.0 Å². The fraction of sp³-hybridized carbons (Fsp3) is 0.0870. The number of furan rings is 1. The Morgan fingerprint density at radius 2 is 1.90 bits per heavy atom. The highest BCUT2D eigenvalue weighted by molar-refractivity contribution is 7.07. The van der Waals surface area contributed by atoms with E-state index >= 15 is 0 Å². The summed E-state index contributed by atoms with van der Waals surface area (Å²) in [6.45, 7) is 0.751. The number of nitrogens with one attached hydrogen (secondary N) is 1. The summed E-state index contributed by atoms with van der Waals surface area (Å²) in [4.78, 5) is 8.93. The van der Waals surface area contributed by atoms with Crippen LogP contribution in [0.5, 0.6) is 0 Å². The van der Waals surface area contributed by atoms with Crippen LogP contribution in [-0.4, -0.2) is 9.55 Å². The lowest BCUT2D eigenvalue weighted by molar-refractivity contribution is 0.569. The molecule has 3 aromatic heterocycles. The summed E-state index contributed by atoms with van der Waals surface area (Å²) in [7, 11) is 0. The smallest absolute Gasteiger partial charge is 0.190 e. The van der Waals surface area contributed by atoms with E-state index in [1.54, 1.807) is 29.7 Å². The first kappa shape index (κ1) is 17.7. The first-order chi connectivity index (χ1) is 14.3. The molecule has 5 aromatic rings. The van der Waals surface area contributed by atoms with E-state index in [0.29, 0.717) is 0 Å². The van der Waals surface area contributed by atoms with Crippen molar-refractivity contribution in [3.63, 3.8) is 0 Å². The molecule has 0 amide bonds. The van der Waals surface area contributed by atoms with Gasteiger partial charge in [-0.15, -0.1) is 11.3 Å². The van der Waals surface area contributed by atoms with Crippen LogP contribution in [0.1, 0.15) is 5.56 Å². The highest BCUT2D eigenvalue weighted by Gasteiger charge is 2.12. The zero-order valence-electron chi connectivity index (χ0n) is 15.5. The normalized spacial score (nSPS) is 12.1. The number of rotatable bonds is 5. The molecular formula is C23H18FN3OS. The zero-order chi connectivity index (χ0) is 19.6. The van der Waals surface area contributed by atoms with Crippen molar-refractivity contribution < 1.29 is 8.81 Å². The summed E-state index contributed by atoms with van der Waals surface area (Å²) in [5, 5.41) is 3.29. The number of H-pyrrole nitrogens is 1. The lowest BCUT2D eigenvalue weighted by Gasteiger charge is -2.07. The molecule has 0 bridgehead atoms. The summed E-state index contributed by atoms with van der Waals surface area (Å²) in [6, 6.07) is 18.4. The van der Waals surface area contributed by atoms with Gasteiger partial charge in [0.25, 0.3) is 0 Å². The molecule has 5 rings (SSSR count). The molecule has 144 valence electrons. The van der Waals surface area contributed by atoms with Crippen LogP contribution < -0.4 is 4.80 Å². The second-order valence-corrected chi connectivity index (χ2v) is 7.57. The Kier molecular flexibility index (Phi) is 4.62. The van der Waals surface area contributed by atoms with E-state index in [1.807, 2.05) is 18.2 Å². The number of aromatic amines is 1. The maximum Gasteiger partial charge on any atom is 0.190 e. The number of fused-ring (bicyclic) bond motifs is 1. The quantitative estimate of drug-likeness (QED) is 0.390. The molecule has 6 heteroatoms. The molecule has 0 aliphatic carbocycles. The van der Waals surface area contributed by atoms with Crippen LogP contribution >= 0.6 is 11.3 Å². The molecule has 3 heterocycles. The van der Waals surface area contributed by atoms with E-state index in [2.05, 4.69) is 39.3 Å². The molecule has 4 nitrogen and oxygen atoms in total. The topological polar surface area (TPSA) is 46.2 Å². The van der Waals surface area contributed by atoms with Gasteiger partial charge in [-0.1, -0.05) is 18.2 Å². The standard InChI is InChI=1S/C23H18FN3OS/c24-17-7-9-18(10-8-17)26-23-27(21(15-29-23)22-6-3-13-28-22)12-11-16-14-25-20-5-2-1-4-19(16)20/h1-10,13-15,25H,11-12H2. The molecule has 1 N–H and O–H groups in total. The van der Waals surface area contributed by atoms with Crippen molar-refractivity contribution in [1.29, 1.82) is 0 Å². The number of hydrogen-bond acceptors (Lipinski definition) is 3. The molecule has 0 unspecified atom stereocenters. The molecule has 0 atom stereocenters. The summed E-state index contributed by atoms with van der Waals surface area (Å²) in [6.07, 6.45) is 4.60. The third-order valence-electron chi connectivity index (χ3n) is 4.90. The second-order valence-electron chi connectivity index (χ2n) is 6.73. The van der Waals surface area contributed by atoms with Crippen LogP contribution in [0.2, 0.25) is 0 Å².